The topological polar surface area (TPSA) is 58.4 Å². The average molecular weight is 307 g/mol. The summed E-state index contributed by atoms with van der Waals surface area (Å²) in [7, 11) is 0. The average Bonchev–Trinajstić information content (AvgIpc) is 3.05. The molecule has 5 nitrogen and oxygen atoms in total. The van der Waals surface area contributed by atoms with Crippen LogP contribution in [0.1, 0.15) is 10.6 Å². The molecule has 1 unspecified atom stereocenters. The molecule has 1 N–H and O–H groups in total. The first kappa shape index (κ1) is 14.6. The third-order valence-electron chi connectivity index (χ3n) is 3.63. The van der Waals surface area contributed by atoms with Gasteiger partial charge in [-0.25, -0.2) is 8.78 Å². The van der Waals surface area contributed by atoms with Crippen molar-refractivity contribution in [2.45, 2.75) is 12.5 Å². The van der Waals surface area contributed by atoms with Crippen LogP contribution in [0.25, 0.3) is 11.3 Å². The smallest absolute Gasteiger partial charge is 0.293 e. The maximum absolute atomic E-state index is 13.0. The van der Waals surface area contributed by atoms with Gasteiger partial charge in [0.1, 0.15) is 11.7 Å². The van der Waals surface area contributed by atoms with E-state index in [1.54, 1.807) is 0 Å². The number of carbonyl (C=O) groups excluding carboxylic acids is 1. The van der Waals surface area contributed by atoms with Gasteiger partial charge in [0, 0.05) is 31.3 Å². The van der Waals surface area contributed by atoms with E-state index in [9.17, 15) is 13.6 Å². The summed E-state index contributed by atoms with van der Waals surface area (Å²) >= 11 is 0. The van der Waals surface area contributed by atoms with Gasteiger partial charge in [0.2, 0.25) is 5.76 Å². The molecule has 1 saturated heterocycles. The van der Waals surface area contributed by atoms with Crippen molar-refractivity contribution in [3.63, 3.8) is 0 Å². The lowest BCUT2D eigenvalue weighted by molar-refractivity contribution is 0.0104. The van der Waals surface area contributed by atoms with Crippen LogP contribution in [0.2, 0.25) is 0 Å². The van der Waals surface area contributed by atoms with Gasteiger partial charge < -0.3 is 14.7 Å². The summed E-state index contributed by atoms with van der Waals surface area (Å²) in [5.41, 5.74) is 1.31. The molecule has 0 bridgehead atoms. The molecule has 0 radical (unpaired) electrons. The van der Waals surface area contributed by atoms with E-state index in [1.165, 1.54) is 6.07 Å². The number of alkyl halides is 2. The second kappa shape index (κ2) is 6.23. The number of hydrogen-bond acceptors (Lipinski definition) is 4. The van der Waals surface area contributed by atoms with E-state index in [4.69, 9.17) is 4.52 Å². The zero-order valence-corrected chi connectivity index (χ0v) is 11.7. The van der Waals surface area contributed by atoms with Crippen LogP contribution in [0, 0.1) is 0 Å². The fourth-order valence-electron chi connectivity index (χ4n) is 2.47. The molecule has 2 heterocycles. The molecule has 2 aromatic rings. The minimum absolute atomic E-state index is 0.0218. The van der Waals surface area contributed by atoms with E-state index < -0.39 is 18.4 Å². The van der Waals surface area contributed by atoms with Crippen LogP contribution in [0.15, 0.2) is 40.9 Å². The maximum Gasteiger partial charge on any atom is 0.293 e. The van der Waals surface area contributed by atoms with Crippen molar-refractivity contribution in [1.82, 2.24) is 15.4 Å². The highest BCUT2D eigenvalue weighted by atomic mass is 19.3. The molecular weight excluding hydrogens is 292 g/mol. The van der Waals surface area contributed by atoms with Crippen molar-refractivity contribution in [2.24, 2.45) is 0 Å². The lowest BCUT2D eigenvalue weighted by atomic mass is 10.1. The highest BCUT2D eigenvalue weighted by Crippen LogP contribution is 2.21. The van der Waals surface area contributed by atoms with Crippen LogP contribution < -0.4 is 5.32 Å². The van der Waals surface area contributed by atoms with Crippen molar-refractivity contribution in [3.8, 4) is 11.3 Å². The molecule has 22 heavy (non-hydrogen) atoms. The monoisotopic (exact) mass is 307 g/mol. The lowest BCUT2D eigenvalue weighted by Gasteiger charge is -2.34. The van der Waals surface area contributed by atoms with E-state index in [-0.39, 0.29) is 18.8 Å². The number of benzene rings is 1. The third kappa shape index (κ3) is 2.85. The van der Waals surface area contributed by atoms with Crippen molar-refractivity contribution >= 4 is 5.91 Å². The highest BCUT2D eigenvalue weighted by Gasteiger charge is 2.35. The number of nitrogens with one attached hydrogen (secondary N) is 1. The summed E-state index contributed by atoms with van der Waals surface area (Å²) in [5.74, 6) is -0.576. The molecule has 1 aromatic heterocycles. The Hall–Kier alpha value is -2.28. The van der Waals surface area contributed by atoms with Crippen LogP contribution >= 0.6 is 0 Å². The predicted molar refractivity (Wildman–Crippen MR) is 75.6 cm³/mol. The van der Waals surface area contributed by atoms with E-state index in [0.29, 0.717) is 12.2 Å². The first-order valence-corrected chi connectivity index (χ1v) is 6.99. The van der Waals surface area contributed by atoms with Gasteiger partial charge in [-0.2, -0.15) is 0 Å². The second-order valence-corrected chi connectivity index (χ2v) is 5.05. The molecule has 116 valence electrons. The number of nitrogens with zero attached hydrogens (tertiary/aromatic N) is 2. The van der Waals surface area contributed by atoms with Gasteiger partial charge in [0.25, 0.3) is 12.3 Å². The Labute approximate surface area is 125 Å². The first-order valence-electron chi connectivity index (χ1n) is 6.99. The third-order valence-corrected chi connectivity index (χ3v) is 3.63. The van der Waals surface area contributed by atoms with Gasteiger partial charge in [-0.1, -0.05) is 35.5 Å². The summed E-state index contributed by atoms with van der Waals surface area (Å²) in [6, 6.07) is 9.55. The van der Waals surface area contributed by atoms with Crippen molar-refractivity contribution in [2.75, 3.05) is 19.6 Å². The zero-order valence-electron chi connectivity index (χ0n) is 11.7. The molecule has 0 saturated carbocycles. The van der Waals surface area contributed by atoms with Gasteiger partial charge in [-0.3, -0.25) is 4.79 Å². The van der Waals surface area contributed by atoms with E-state index in [0.717, 1.165) is 10.5 Å². The molecular formula is C15H15F2N3O2. The number of aromatic nitrogens is 1. The summed E-state index contributed by atoms with van der Waals surface area (Å²) < 4.78 is 31.1. The fourth-order valence-corrected chi connectivity index (χ4v) is 2.47. The molecule has 1 amide bonds. The van der Waals surface area contributed by atoms with Crippen LogP contribution in [0.5, 0.6) is 0 Å². The van der Waals surface area contributed by atoms with Crippen LogP contribution in [-0.2, 0) is 0 Å². The molecule has 1 aliphatic rings. The number of carbonyl (C=O) groups is 1. The summed E-state index contributed by atoms with van der Waals surface area (Å²) in [5, 5.41) is 6.71. The molecule has 1 fully saturated rings. The van der Waals surface area contributed by atoms with Crippen molar-refractivity contribution in [3.05, 3.63) is 42.2 Å². The number of hydrogen-bond donors (Lipinski definition) is 1. The maximum atomic E-state index is 13.0. The summed E-state index contributed by atoms with van der Waals surface area (Å²) in [4.78, 5) is 13.5. The van der Waals surface area contributed by atoms with Gasteiger partial charge in [-0.15, -0.1) is 0 Å². The Kier molecular flexibility index (Phi) is 4.15. The Morgan fingerprint density at radius 2 is 2.14 bits per heavy atom. The van der Waals surface area contributed by atoms with Crippen LogP contribution in [0.4, 0.5) is 8.78 Å². The van der Waals surface area contributed by atoms with Crippen molar-refractivity contribution in [1.29, 1.82) is 0 Å². The summed E-state index contributed by atoms with van der Waals surface area (Å²) in [6.07, 6.45) is -2.60. The largest absolute Gasteiger partial charge is 0.350 e. The number of piperazine rings is 1. The van der Waals surface area contributed by atoms with Gasteiger partial charge >= 0.3 is 0 Å². The lowest BCUT2D eigenvalue weighted by Crippen LogP contribution is -2.56. The van der Waals surface area contributed by atoms with E-state index >= 15 is 0 Å². The highest BCUT2D eigenvalue weighted by molar-refractivity contribution is 5.92. The quantitative estimate of drug-likeness (QED) is 0.942. The second-order valence-electron chi connectivity index (χ2n) is 5.05. The standard InChI is InChI=1S/C15H15F2N3O2/c16-14(17)12-9-18-6-7-20(12)15(21)13-8-11(19-22-13)10-4-2-1-3-5-10/h1-5,8,12,14,18H,6-7,9H2. The Bertz CT molecular complexity index is 645. The number of rotatable bonds is 3. The molecule has 1 aliphatic heterocycles. The molecule has 3 rings (SSSR count). The normalized spacial score (nSPS) is 18.7. The predicted octanol–water partition coefficient (Wildman–Crippen LogP) is 2.02. The van der Waals surface area contributed by atoms with Gasteiger partial charge in [-0.05, 0) is 0 Å². The van der Waals surface area contributed by atoms with Crippen LogP contribution in [-0.4, -0.2) is 48.1 Å². The minimum atomic E-state index is -2.60. The van der Waals surface area contributed by atoms with Gasteiger partial charge in [0.15, 0.2) is 0 Å². The Balaban J connectivity index is 1.82. The van der Waals surface area contributed by atoms with E-state index in [1.807, 2.05) is 30.3 Å². The van der Waals surface area contributed by atoms with Crippen molar-refractivity contribution < 1.29 is 18.1 Å². The molecule has 1 aromatic carbocycles. The molecule has 0 spiro atoms. The first-order chi connectivity index (χ1) is 10.7. The summed E-state index contributed by atoms with van der Waals surface area (Å²) in [6.45, 7) is 0.771. The Morgan fingerprint density at radius 1 is 1.36 bits per heavy atom. The van der Waals surface area contributed by atoms with E-state index in [2.05, 4.69) is 10.5 Å². The fraction of sp³-hybridized carbons (Fsp3) is 0.333. The molecule has 1 atom stereocenters. The number of halogens is 2. The molecule has 0 aliphatic carbocycles. The Morgan fingerprint density at radius 3 is 2.86 bits per heavy atom. The minimum Gasteiger partial charge on any atom is -0.350 e. The SMILES string of the molecule is O=C(c1cc(-c2ccccc2)no1)N1CCNCC1C(F)F. The number of amides is 1. The van der Waals surface area contributed by atoms with Crippen LogP contribution in [0.3, 0.4) is 0 Å². The van der Waals surface area contributed by atoms with Gasteiger partial charge in [0.05, 0.1) is 0 Å². The molecule has 7 heteroatoms. The zero-order chi connectivity index (χ0) is 15.5.